The Hall–Kier alpha value is -2.60. The summed E-state index contributed by atoms with van der Waals surface area (Å²) in [6.07, 6.45) is 0. The van der Waals surface area contributed by atoms with Gasteiger partial charge >= 0.3 is 5.97 Å². The number of ketones is 1. The van der Waals surface area contributed by atoms with Crippen molar-refractivity contribution < 1.29 is 19.5 Å². The summed E-state index contributed by atoms with van der Waals surface area (Å²) >= 11 is 1.19. The molecule has 0 aliphatic rings. The second-order valence-corrected chi connectivity index (χ2v) is 6.57. The van der Waals surface area contributed by atoms with Crippen LogP contribution in [0.2, 0.25) is 0 Å². The maximum atomic E-state index is 12.3. The van der Waals surface area contributed by atoms with Gasteiger partial charge in [0.25, 0.3) is 0 Å². The monoisotopic (exact) mass is 343 g/mol. The molecule has 0 bridgehead atoms. The Morgan fingerprint density at radius 2 is 1.67 bits per heavy atom. The summed E-state index contributed by atoms with van der Waals surface area (Å²) in [4.78, 5) is 35.3. The van der Waals surface area contributed by atoms with E-state index in [1.165, 1.54) is 24.8 Å². The molecule has 0 aromatic heterocycles. The molecule has 1 unspecified atom stereocenters. The van der Waals surface area contributed by atoms with E-state index in [0.717, 1.165) is 0 Å². The number of carboxylic acids is 1. The summed E-state index contributed by atoms with van der Waals surface area (Å²) in [6.45, 7) is 3.19. The van der Waals surface area contributed by atoms with Crippen molar-refractivity contribution in [3.05, 3.63) is 59.7 Å². The van der Waals surface area contributed by atoms with Crippen LogP contribution in [0.4, 0.5) is 5.69 Å². The third kappa shape index (κ3) is 4.45. The van der Waals surface area contributed by atoms with Gasteiger partial charge in [0.05, 0.1) is 10.8 Å². The van der Waals surface area contributed by atoms with Crippen LogP contribution >= 0.6 is 11.8 Å². The number of amides is 1. The number of benzene rings is 2. The molecule has 6 heteroatoms. The average Bonchev–Trinajstić information content (AvgIpc) is 2.55. The van der Waals surface area contributed by atoms with E-state index >= 15 is 0 Å². The number of anilines is 1. The van der Waals surface area contributed by atoms with Gasteiger partial charge in [0.1, 0.15) is 0 Å². The van der Waals surface area contributed by atoms with Gasteiger partial charge in [-0.2, -0.15) is 0 Å². The highest BCUT2D eigenvalue weighted by Crippen LogP contribution is 2.27. The molecule has 0 spiro atoms. The molecule has 2 aromatic rings. The number of hydrogen-bond acceptors (Lipinski definition) is 4. The van der Waals surface area contributed by atoms with Crippen molar-refractivity contribution in [2.45, 2.75) is 24.0 Å². The van der Waals surface area contributed by atoms with Gasteiger partial charge in [-0.3, -0.25) is 9.59 Å². The fraction of sp³-hybridized carbons (Fsp3) is 0.167. The first kappa shape index (κ1) is 17.7. The van der Waals surface area contributed by atoms with Crippen molar-refractivity contribution in [2.24, 2.45) is 0 Å². The van der Waals surface area contributed by atoms with E-state index in [2.05, 4.69) is 5.32 Å². The number of hydrogen-bond donors (Lipinski definition) is 2. The normalized spacial score (nSPS) is 11.6. The number of carbonyl (C=O) groups excluding carboxylic acids is 2. The van der Waals surface area contributed by atoms with Crippen LogP contribution in [0.15, 0.2) is 53.4 Å². The highest BCUT2D eigenvalue weighted by atomic mass is 32.2. The fourth-order valence-electron chi connectivity index (χ4n) is 2.02. The molecule has 2 rings (SSSR count). The van der Waals surface area contributed by atoms with Gasteiger partial charge in [0.2, 0.25) is 5.91 Å². The van der Waals surface area contributed by atoms with Crippen molar-refractivity contribution in [1.29, 1.82) is 0 Å². The maximum Gasteiger partial charge on any atom is 0.336 e. The second-order valence-electron chi connectivity index (χ2n) is 5.18. The molecule has 0 aliphatic carbocycles. The number of thioether (sulfide) groups is 1. The summed E-state index contributed by atoms with van der Waals surface area (Å²) in [7, 11) is 0. The van der Waals surface area contributed by atoms with Crippen LogP contribution < -0.4 is 5.32 Å². The lowest BCUT2D eigenvalue weighted by atomic mass is 10.1. The third-order valence-corrected chi connectivity index (χ3v) is 4.53. The largest absolute Gasteiger partial charge is 0.478 e. The molecule has 0 heterocycles. The lowest BCUT2D eigenvalue weighted by Gasteiger charge is -2.13. The topological polar surface area (TPSA) is 83.5 Å². The van der Waals surface area contributed by atoms with Crippen molar-refractivity contribution >= 4 is 35.1 Å². The number of carboxylic acid groups (broad SMARTS) is 1. The van der Waals surface area contributed by atoms with Crippen molar-refractivity contribution in [3.8, 4) is 0 Å². The highest BCUT2D eigenvalue weighted by Gasteiger charge is 2.18. The lowest BCUT2D eigenvalue weighted by Crippen LogP contribution is -2.22. The molecule has 1 atom stereocenters. The van der Waals surface area contributed by atoms with Crippen LogP contribution in [-0.4, -0.2) is 28.0 Å². The number of aromatic carboxylic acids is 1. The zero-order valence-corrected chi connectivity index (χ0v) is 14.1. The van der Waals surface area contributed by atoms with Crippen LogP contribution in [-0.2, 0) is 4.79 Å². The summed E-state index contributed by atoms with van der Waals surface area (Å²) < 4.78 is 0. The molecule has 0 aliphatic heterocycles. The minimum atomic E-state index is -1.02. The number of nitrogens with one attached hydrogen (secondary N) is 1. The SMILES string of the molecule is CC(=O)c1ccc(NC(=O)C(C)Sc2ccccc2C(=O)O)cc1. The molecule has 0 radical (unpaired) electrons. The van der Waals surface area contributed by atoms with Crippen LogP contribution in [0.25, 0.3) is 0 Å². The molecule has 0 saturated heterocycles. The number of rotatable bonds is 6. The predicted molar refractivity (Wildman–Crippen MR) is 93.8 cm³/mol. The summed E-state index contributed by atoms with van der Waals surface area (Å²) in [5.74, 6) is -1.30. The predicted octanol–water partition coefficient (Wildman–Crippen LogP) is 3.71. The van der Waals surface area contributed by atoms with E-state index in [9.17, 15) is 19.5 Å². The molecule has 0 saturated carbocycles. The molecule has 2 aromatic carbocycles. The van der Waals surface area contributed by atoms with E-state index in [1.807, 2.05) is 0 Å². The van der Waals surface area contributed by atoms with Crippen LogP contribution in [0.5, 0.6) is 0 Å². The van der Waals surface area contributed by atoms with Crippen molar-refractivity contribution in [3.63, 3.8) is 0 Å². The Bertz CT molecular complexity index is 771. The first-order chi connectivity index (χ1) is 11.4. The van der Waals surface area contributed by atoms with Gasteiger partial charge in [0.15, 0.2) is 5.78 Å². The highest BCUT2D eigenvalue weighted by molar-refractivity contribution is 8.00. The Morgan fingerprint density at radius 1 is 1.04 bits per heavy atom. The molecule has 5 nitrogen and oxygen atoms in total. The van der Waals surface area contributed by atoms with E-state index in [1.54, 1.807) is 49.4 Å². The van der Waals surface area contributed by atoms with E-state index in [-0.39, 0.29) is 17.3 Å². The van der Waals surface area contributed by atoms with Gasteiger partial charge in [-0.25, -0.2) is 4.79 Å². The Balaban J connectivity index is 2.05. The zero-order valence-electron chi connectivity index (χ0n) is 13.3. The molecule has 24 heavy (non-hydrogen) atoms. The Kier molecular flexibility index (Phi) is 5.76. The van der Waals surface area contributed by atoms with Crippen molar-refractivity contribution in [1.82, 2.24) is 0 Å². The molecule has 2 N–H and O–H groups in total. The summed E-state index contributed by atoms with van der Waals surface area (Å²) in [5, 5.41) is 11.5. The number of carbonyl (C=O) groups is 3. The fourth-order valence-corrected chi connectivity index (χ4v) is 3.01. The standard InChI is InChI=1S/C18H17NO4S/c1-11(20)13-7-9-14(10-8-13)19-17(21)12(2)24-16-6-4-3-5-15(16)18(22)23/h3-10,12H,1-2H3,(H,19,21)(H,22,23). The quantitative estimate of drug-likeness (QED) is 0.617. The van der Waals surface area contributed by atoms with Crippen molar-refractivity contribution in [2.75, 3.05) is 5.32 Å². The second kappa shape index (κ2) is 7.79. The van der Waals surface area contributed by atoms with Crippen LogP contribution in [0, 0.1) is 0 Å². The molecular weight excluding hydrogens is 326 g/mol. The minimum absolute atomic E-state index is 0.0397. The van der Waals surface area contributed by atoms with Gasteiger partial charge in [-0.1, -0.05) is 12.1 Å². The lowest BCUT2D eigenvalue weighted by molar-refractivity contribution is -0.115. The molecule has 124 valence electrons. The summed E-state index contributed by atoms with van der Waals surface area (Å²) in [5.41, 5.74) is 1.34. The van der Waals surface area contributed by atoms with E-state index in [0.29, 0.717) is 16.1 Å². The van der Waals surface area contributed by atoms with E-state index < -0.39 is 11.2 Å². The third-order valence-electron chi connectivity index (χ3n) is 3.35. The Morgan fingerprint density at radius 3 is 2.25 bits per heavy atom. The van der Waals surface area contributed by atoms with Crippen LogP contribution in [0.1, 0.15) is 34.6 Å². The first-order valence-electron chi connectivity index (χ1n) is 7.29. The van der Waals surface area contributed by atoms with Gasteiger partial charge in [-0.05, 0) is 50.2 Å². The van der Waals surface area contributed by atoms with E-state index in [4.69, 9.17) is 0 Å². The minimum Gasteiger partial charge on any atom is -0.478 e. The van der Waals surface area contributed by atoms with Gasteiger partial charge in [-0.15, -0.1) is 11.8 Å². The molecular formula is C18H17NO4S. The number of Topliss-reactive ketones (excluding diaryl/α,β-unsaturated/α-hetero) is 1. The van der Waals surface area contributed by atoms with Gasteiger partial charge < -0.3 is 10.4 Å². The smallest absolute Gasteiger partial charge is 0.336 e. The molecule has 0 fully saturated rings. The summed E-state index contributed by atoms with van der Waals surface area (Å²) in [6, 6.07) is 13.2. The maximum absolute atomic E-state index is 12.3. The average molecular weight is 343 g/mol. The van der Waals surface area contributed by atoms with Crippen LogP contribution in [0.3, 0.4) is 0 Å². The van der Waals surface area contributed by atoms with Gasteiger partial charge in [0, 0.05) is 16.1 Å². The first-order valence-corrected chi connectivity index (χ1v) is 8.17. The Labute approximate surface area is 144 Å². The zero-order chi connectivity index (χ0) is 17.7. The molecule has 1 amide bonds.